The van der Waals surface area contributed by atoms with Gasteiger partial charge in [0.1, 0.15) is 22.6 Å². The van der Waals surface area contributed by atoms with Gasteiger partial charge in [0.2, 0.25) is 0 Å². The first-order valence-electron chi connectivity index (χ1n) is 6.92. The van der Waals surface area contributed by atoms with E-state index in [0.29, 0.717) is 13.1 Å². The minimum atomic E-state index is -1.56. The van der Waals surface area contributed by atoms with E-state index in [1.165, 1.54) is 14.6 Å². The zero-order valence-corrected chi connectivity index (χ0v) is 14.1. The Morgan fingerprint density at radius 3 is 2.38 bits per heavy atom. The molecule has 1 rings (SSSR count). The molecule has 1 fully saturated rings. The summed E-state index contributed by atoms with van der Waals surface area (Å²) in [6.07, 6.45) is 0. The molecule has 1 saturated heterocycles. The molecule has 120 valence electrons. The average molecular weight is 316 g/mol. The highest BCUT2D eigenvalue weighted by Gasteiger charge is 2.42. The Kier molecular flexibility index (Phi) is 5.55. The molecule has 2 unspecified atom stereocenters. The summed E-state index contributed by atoms with van der Waals surface area (Å²) in [4.78, 5) is 26.1. The van der Waals surface area contributed by atoms with Gasteiger partial charge < -0.3 is 9.64 Å². The molecule has 7 heteroatoms. The highest BCUT2D eigenvalue weighted by atomic mass is 32.2. The minimum Gasteiger partial charge on any atom is -0.458 e. The number of carbonyl (C=O) groups excluding carboxylic acids is 2. The van der Waals surface area contributed by atoms with Crippen molar-refractivity contribution in [3.05, 3.63) is 12.0 Å². The van der Waals surface area contributed by atoms with Crippen LogP contribution in [0, 0.1) is 5.92 Å². The van der Waals surface area contributed by atoms with E-state index in [9.17, 15) is 13.8 Å². The molecular weight excluding hydrogens is 292 g/mol. The van der Waals surface area contributed by atoms with E-state index in [1.54, 1.807) is 20.8 Å². The summed E-state index contributed by atoms with van der Waals surface area (Å²) in [6.45, 7) is 13.1. The van der Waals surface area contributed by atoms with Crippen molar-refractivity contribution < 1.29 is 18.5 Å². The molecule has 21 heavy (non-hydrogen) atoms. The number of esters is 1. The second kappa shape index (κ2) is 6.60. The number of amides is 2. The molecule has 1 aliphatic heterocycles. The van der Waals surface area contributed by atoms with Crippen molar-refractivity contribution in [2.45, 2.75) is 46.3 Å². The molecule has 6 nitrogen and oxygen atoms in total. The Balaban J connectivity index is 2.93. The van der Waals surface area contributed by atoms with Crippen LogP contribution in [0.5, 0.6) is 0 Å². The first-order valence-corrected chi connectivity index (χ1v) is 8.09. The summed E-state index contributed by atoms with van der Waals surface area (Å²) in [6, 6.07) is -1.10. The molecule has 2 atom stereocenters. The lowest BCUT2D eigenvalue weighted by molar-refractivity contribution is -0.161. The Hall–Kier alpha value is -1.37. The van der Waals surface area contributed by atoms with Gasteiger partial charge in [-0.15, -0.1) is 0 Å². The summed E-state index contributed by atoms with van der Waals surface area (Å²) in [7, 11) is -1.56. The van der Waals surface area contributed by atoms with Gasteiger partial charge in [0.05, 0.1) is 6.54 Å². The first kappa shape index (κ1) is 17.7. The molecular formula is C14H24N2O4S. The van der Waals surface area contributed by atoms with Crippen LogP contribution < -0.4 is 0 Å². The fraction of sp³-hybridized carbons (Fsp3) is 0.714. The minimum absolute atomic E-state index is 0.0964. The van der Waals surface area contributed by atoms with Crippen molar-refractivity contribution in [2.75, 3.05) is 13.1 Å². The van der Waals surface area contributed by atoms with Gasteiger partial charge in [-0.25, -0.2) is 18.1 Å². The SMILES string of the molecule is C=CS(=O)N1CCN(C(C(=O)OC(C)(C)C)C(C)C)C1=O. The molecule has 0 spiro atoms. The molecule has 0 N–H and O–H groups in total. The van der Waals surface area contributed by atoms with Crippen molar-refractivity contribution in [3.8, 4) is 0 Å². The van der Waals surface area contributed by atoms with Crippen LogP contribution in [-0.2, 0) is 20.5 Å². The van der Waals surface area contributed by atoms with Crippen LogP contribution in [0.15, 0.2) is 12.0 Å². The zero-order valence-electron chi connectivity index (χ0n) is 13.3. The van der Waals surface area contributed by atoms with Crippen LogP contribution >= 0.6 is 0 Å². The van der Waals surface area contributed by atoms with Crippen LogP contribution in [0.2, 0.25) is 0 Å². The fourth-order valence-electron chi connectivity index (χ4n) is 2.17. The Morgan fingerprint density at radius 1 is 1.38 bits per heavy atom. The van der Waals surface area contributed by atoms with E-state index in [0.717, 1.165) is 0 Å². The van der Waals surface area contributed by atoms with Crippen molar-refractivity contribution >= 4 is 23.0 Å². The van der Waals surface area contributed by atoms with Crippen LogP contribution in [-0.4, -0.2) is 50.1 Å². The predicted molar refractivity (Wildman–Crippen MR) is 81.6 cm³/mol. The van der Waals surface area contributed by atoms with E-state index in [-0.39, 0.29) is 5.92 Å². The van der Waals surface area contributed by atoms with E-state index >= 15 is 0 Å². The molecule has 1 heterocycles. The normalized spacial score (nSPS) is 18.9. The lowest BCUT2D eigenvalue weighted by Crippen LogP contribution is -2.49. The quantitative estimate of drug-likeness (QED) is 0.727. The lowest BCUT2D eigenvalue weighted by Gasteiger charge is -2.31. The van der Waals surface area contributed by atoms with Gasteiger partial charge in [-0.1, -0.05) is 20.4 Å². The smallest absolute Gasteiger partial charge is 0.333 e. The van der Waals surface area contributed by atoms with E-state index in [4.69, 9.17) is 4.74 Å². The van der Waals surface area contributed by atoms with Gasteiger partial charge in [0, 0.05) is 12.0 Å². The Labute approximate surface area is 128 Å². The van der Waals surface area contributed by atoms with Crippen LogP contribution in [0.4, 0.5) is 4.79 Å². The third-order valence-electron chi connectivity index (χ3n) is 2.98. The summed E-state index contributed by atoms with van der Waals surface area (Å²) in [5.41, 5.74) is -0.614. The maximum Gasteiger partial charge on any atom is 0.333 e. The summed E-state index contributed by atoms with van der Waals surface area (Å²) >= 11 is 0. The number of urea groups is 1. The van der Waals surface area contributed by atoms with E-state index in [2.05, 4.69) is 6.58 Å². The summed E-state index contributed by atoms with van der Waals surface area (Å²) < 4.78 is 18.3. The average Bonchev–Trinajstić information content (AvgIpc) is 2.68. The molecule has 0 aromatic rings. The second-order valence-electron chi connectivity index (χ2n) is 6.24. The molecule has 0 saturated carbocycles. The lowest BCUT2D eigenvalue weighted by atomic mass is 10.0. The van der Waals surface area contributed by atoms with Gasteiger partial charge in [0.25, 0.3) is 0 Å². The van der Waals surface area contributed by atoms with Crippen molar-refractivity contribution in [3.63, 3.8) is 0 Å². The molecule has 0 aliphatic carbocycles. The maximum atomic E-state index is 12.3. The third kappa shape index (κ3) is 4.30. The number of hydrogen-bond acceptors (Lipinski definition) is 4. The van der Waals surface area contributed by atoms with Gasteiger partial charge in [-0.3, -0.25) is 0 Å². The predicted octanol–water partition coefficient (Wildman–Crippen LogP) is 1.90. The highest BCUT2D eigenvalue weighted by Crippen LogP contribution is 2.22. The van der Waals surface area contributed by atoms with E-state index < -0.39 is 34.6 Å². The number of rotatable bonds is 5. The topological polar surface area (TPSA) is 66.9 Å². The molecule has 0 radical (unpaired) electrons. The molecule has 0 aromatic heterocycles. The van der Waals surface area contributed by atoms with Crippen molar-refractivity contribution in [2.24, 2.45) is 5.92 Å². The van der Waals surface area contributed by atoms with Crippen LogP contribution in [0.25, 0.3) is 0 Å². The standard InChI is InChI=1S/C14H24N2O4S/c1-7-21(19)16-9-8-15(13(16)18)11(10(2)3)12(17)20-14(4,5)6/h7,10-11H,1,8-9H2,2-6H3. The summed E-state index contributed by atoms with van der Waals surface area (Å²) in [5, 5.41) is 1.21. The van der Waals surface area contributed by atoms with Crippen molar-refractivity contribution in [1.82, 2.24) is 9.21 Å². The second-order valence-corrected chi connectivity index (χ2v) is 7.57. The van der Waals surface area contributed by atoms with Crippen molar-refractivity contribution in [1.29, 1.82) is 0 Å². The monoisotopic (exact) mass is 316 g/mol. The van der Waals surface area contributed by atoms with Gasteiger partial charge in [-0.2, -0.15) is 0 Å². The number of nitrogens with zero attached hydrogens (tertiary/aromatic N) is 2. The van der Waals surface area contributed by atoms with Gasteiger partial charge in [0.15, 0.2) is 0 Å². The molecule has 0 bridgehead atoms. The van der Waals surface area contributed by atoms with E-state index in [1.807, 2.05) is 13.8 Å². The Morgan fingerprint density at radius 2 is 1.95 bits per heavy atom. The maximum absolute atomic E-state index is 12.3. The third-order valence-corrected chi connectivity index (χ3v) is 4.04. The first-order chi connectivity index (χ1) is 9.58. The molecule has 0 aromatic carbocycles. The molecule has 1 aliphatic rings. The van der Waals surface area contributed by atoms with Gasteiger partial charge in [-0.05, 0) is 26.7 Å². The van der Waals surface area contributed by atoms with Crippen LogP contribution in [0.1, 0.15) is 34.6 Å². The largest absolute Gasteiger partial charge is 0.458 e. The molecule has 2 amide bonds. The zero-order chi connectivity index (χ0) is 16.4. The number of hydrogen-bond donors (Lipinski definition) is 0. The number of ether oxygens (including phenoxy) is 1. The summed E-state index contributed by atoms with van der Waals surface area (Å²) in [5.74, 6) is -0.530. The van der Waals surface area contributed by atoms with Gasteiger partial charge >= 0.3 is 12.0 Å². The van der Waals surface area contributed by atoms with Crippen LogP contribution in [0.3, 0.4) is 0 Å². The fourth-order valence-corrected chi connectivity index (χ4v) is 2.87. The highest BCUT2D eigenvalue weighted by molar-refractivity contribution is 7.86. The Bertz CT molecular complexity index is 456. The number of carbonyl (C=O) groups is 2.